The van der Waals surface area contributed by atoms with Gasteiger partial charge in [-0.05, 0) is 56.1 Å². The summed E-state index contributed by atoms with van der Waals surface area (Å²) < 4.78 is 2.24. The Bertz CT molecular complexity index is 510. The Labute approximate surface area is 114 Å². The summed E-state index contributed by atoms with van der Waals surface area (Å²) in [6, 6.07) is 8.43. The van der Waals surface area contributed by atoms with Crippen LogP contribution >= 0.6 is 0 Å². The predicted molar refractivity (Wildman–Crippen MR) is 77.2 cm³/mol. The van der Waals surface area contributed by atoms with Gasteiger partial charge >= 0.3 is 0 Å². The molecule has 2 aromatic heterocycles. The Balaban J connectivity index is 1.74. The monoisotopic (exact) mass is 255 g/mol. The third-order valence-corrected chi connectivity index (χ3v) is 4.02. The second-order valence-corrected chi connectivity index (χ2v) is 5.54. The number of pyridine rings is 1. The minimum absolute atomic E-state index is 0.890. The molecule has 3 heteroatoms. The van der Waals surface area contributed by atoms with Crippen LogP contribution in [0.25, 0.3) is 5.69 Å². The first-order chi connectivity index (χ1) is 9.33. The SMILES string of the molecule is CC1CCN(Cc2cccn2-c2cccnc2)CC1. The van der Waals surface area contributed by atoms with Crippen LogP contribution in [0.4, 0.5) is 0 Å². The Morgan fingerprint density at radius 2 is 2.05 bits per heavy atom. The fourth-order valence-electron chi connectivity index (χ4n) is 2.74. The van der Waals surface area contributed by atoms with Crippen molar-refractivity contribution in [3.8, 4) is 5.69 Å². The molecule has 3 nitrogen and oxygen atoms in total. The summed E-state index contributed by atoms with van der Waals surface area (Å²) in [5, 5.41) is 0. The molecule has 2 aromatic rings. The van der Waals surface area contributed by atoms with E-state index in [0.29, 0.717) is 0 Å². The van der Waals surface area contributed by atoms with E-state index in [1.807, 2.05) is 18.5 Å². The second-order valence-electron chi connectivity index (χ2n) is 5.54. The molecule has 0 aromatic carbocycles. The molecule has 1 aliphatic rings. The Morgan fingerprint density at radius 3 is 2.79 bits per heavy atom. The van der Waals surface area contributed by atoms with Crippen molar-refractivity contribution in [2.24, 2.45) is 5.92 Å². The molecule has 0 spiro atoms. The third-order valence-electron chi connectivity index (χ3n) is 4.02. The van der Waals surface area contributed by atoms with E-state index in [0.717, 1.165) is 18.2 Å². The van der Waals surface area contributed by atoms with Gasteiger partial charge in [0, 0.05) is 24.6 Å². The van der Waals surface area contributed by atoms with Crippen LogP contribution in [0.2, 0.25) is 0 Å². The number of nitrogens with zero attached hydrogens (tertiary/aromatic N) is 3. The quantitative estimate of drug-likeness (QED) is 0.840. The maximum atomic E-state index is 4.20. The van der Waals surface area contributed by atoms with E-state index < -0.39 is 0 Å². The molecule has 0 saturated carbocycles. The van der Waals surface area contributed by atoms with Gasteiger partial charge in [-0.15, -0.1) is 0 Å². The van der Waals surface area contributed by atoms with Crippen LogP contribution in [0.15, 0.2) is 42.9 Å². The fraction of sp³-hybridized carbons (Fsp3) is 0.438. The van der Waals surface area contributed by atoms with Crippen molar-refractivity contribution in [2.45, 2.75) is 26.3 Å². The molecule has 0 atom stereocenters. The molecule has 1 fully saturated rings. The minimum atomic E-state index is 0.890. The van der Waals surface area contributed by atoms with Crippen molar-refractivity contribution >= 4 is 0 Å². The Morgan fingerprint density at radius 1 is 1.21 bits per heavy atom. The van der Waals surface area contributed by atoms with E-state index in [2.05, 4.69) is 45.8 Å². The molecule has 0 bridgehead atoms. The van der Waals surface area contributed by atoms with E-state index >= 15 is 0 Å². The van der Waals surface area contributed by atoms with E-state index in [1.165, 1.54) is 31.6 Å². The lowest BCUT2D eigenvalue weighted by molar-refractivity contribution is 0.182. The van der Waals surface area contributed by atoms with Gasteiger partial charge in [0.15, 0.2) is 0 Å². The predicted octanol–water partition coefficient (Wildman–Crippen LogP) is 3.10. The first-order valence-electron chi connectivity index (χ1n) is 7.12. The summed E-state index contributed by atoms with van der Waals surface area (Å²) in [4.78, 5) is 6.76. The minimum Gasteiger partial charge on any atom is -0.318 e. The largest absolute Gasteiger partial charge is 0.318 e. The highest BCUT2D eigenvalue weighted by Crippen LogP contribution is 2.19. The molecule has 1 saturated heterocycles. The van der Waals surface area contributed by atoms with E-state index in [1.54, 1.807) is 0 Å². The van der Waals surface area contributed by atoms with Crippen molar-refractivity contribution < 1.29 is 0 Å². The lowest BCUT2D eigenvalue weighted by Crippen LogP contribution is -2.32. The molecule has 3 heterocycles. The van der Waals surface area contributed by atoms with E-state index in [9.17, 15) is 0 Å². The van der Waals surface area contributed by atoms with Crippen molar-refractivity contribution in [1.82, 2.24) is 14.5 Å². The number of aromatic nitrogens is 2. The molecular weight excluding hydrogens is 234 g/mol. The number of hydrogen-bond donors (Lipinski definition) is 0. The van der Waals surface area contributed by atoms with Crippen LogP contribution in [-0.2, 0) is 6.54 Å². The van der Waals surface area contributed by atoms with Crippen LogP contribution in [0.3, 0.4) is 0 Å². The molecular formula is C16H21N3. The van der Waals surface area contributed by atoms with Crippen molar-refractivity contribution in [3.63, 3.8) is 0 Å². The van der Waals surface area contributed by atoms with Gasteiger partial charge in [-0.2, -0.15) is 0 Å². The zero-order valence-corrected chi connectivity index (χ0v) is 11.5. The first-order valence-corrected chi connectivity index (χ1v) is 7.12. The first kappa shape index (κ1) is 12.4. The molecule has 0 radical (unpaired) electrons. The normalized spacial score (nSPS) is 17.7. The average molecular weight is 255 g/mol. The zero-order chi connectivity index (χ0) is 13.1. The Kier molecular flexibility index (Phi) is 3.65. The highest BCUT2D eigenvalue weighted by Gasteiger charge is 2.16. The Hall–Kier alpha value is -1.61. The van der Waals surface area contributed by atoms with Gasteiger partial charge in [0.1, 0.15) is 0 Å². The second kappa shape index (κ2) is 5.57. The molecule has 1 aliphatic heterocycles. The molecule has 19 heavy (non-hydrogen) atoms. The highest BCUT2D eigenvalue weighted by molar-refractivity contribution is 5.31. The summed E-state index contributed by atoms with van der Waals surface area (Å²) in [6.07, 6.45) is 8.51. The van der Waals surface area contributed by atoms with Gasteiger partial charge in [0.2, 0.25) is 0 Å². The van der Waals surface area contributed by atoms with Gasteiger partial charge < -0.3 is 4.57 Å². The van der Waals surface area contributed by atoms with Crippen LogP contribution in [0, 0.1) is 5.92 Å². The standard InChI is InChI=1S/C16H21N3/c1-14-6-10-18(11-7-14)13-16-5-3-9-19(16)15-4-2-8-17-12-15/h2-5,8-9,12,14H,6-7,10-11,13H2,1H3. The zero-order valence-electron chi connectivity index (χ0n) is 11.5. The number of rotatable bonds is 3. The third kappa shape index (κ3) is 2.87. The van der Waals surface area contributed by atoms with E-state index in [-0.39, 0.29) is 0 Å². The van der Waals surface area contributed by atoms with Gasteiger partial charge in [-0.3, -0.25) is 9.88 Å². The van der Waals surface area contributed by atoms with Crippen LogP contribution in [0.5, 0.6) is 0 Å². The molecule has 0 amide bonds. The molecule has 0 aliphatic carbocycles. The van der Waals surface area contributed by atoms with Gasteiger partial charge in [0.05, 0.1) is 11.9 Å². The van der Waals surface area contributed by atoms with Crippen LogP contribution < -0.4 is 0 Å². The molecule has 0 unspecified atom stereocenters. The number of piperidine rings is 1. The molecule has 100 valence electrons. The van der Waals surface area contributed by atoms with Gasteiger partial charge in [-0.25, -0.2) is 0 Å². The maximum absolute atomic E-state index is 4.20. The summed E-state index contributed by atoms with van der Waals surface area (Å²) >= 11 is 0. The average Bonchev–Trinajstić information content (AvgIpc) is 2.90. The summed E-state index contributed by atoms with van der Waals surface area (Å²) in [7, 11) is 0. The van der Waals surface area contributed by atoms with Crippen LogP contribution in [0.1, 0.15) is 25.5 Å². The van der Waals surface area contributed by atoms with Gasteiger partial charge in [0.25, 0.3) is 0 Å². The number of hydrogen-bond acceptors (Lipinski definition) is 2. The smallest absolute Gasteiger partial charge is 0.0636 e. The van der Waals surface area contributed by atoms with Crippen LogP contribution in [-0.4, -0.2) is 27.5 Å². The summed E-state index contributed by atoms with van der Waals surface area (Å²) in [5.41, 5.74) is 2.50. The van der Waals surface area contributed by atoms with E-state index in [4.69, 9.17) is 0 Å². The van der Waals surface area contributed by atoms with Gasteiger partial charge in [-0.1, -0.05) is 6.92 Å². The van der Waals surface area contributed by atoms with Crippen molar-refractivity contribution in [2.75, 3.05) is 13.1 Å². The maximum Gasteiger partial charge on any atom is 0.0636 e. The summed E-state index contributed by atoms with van der Waals surface area (Å²) in [5.74, 6) is 0.890. The fourth-order valence-corrected chi connectivity index (χ4v) is 2.74. The summed E-state index contributed by atoms with van der Waals surface area (Å²) in [6.45, 7) is 5.84. The van der Waals surface area contributed by atoms with Crippen molar-refractivity contribution in [3.05, 3.63) is 48.5 Å². The molecule has 0 N–H and O–H groups in total. The molecule has 3 rings (SSSR count). The lowest BCUT2D eigenvalue weighted by atomic mass is 9.99. The number of likely N-dealkylation sites (tertiary alicyclic amines) is 1. The topological polar surface area (TPSA) is 21.1 Å². The van der Waals surface area contributed by atoms with Crippen molar-refractivity contribution in [1.29, 1.82) is 0 Å². The highest BCUT2D eigenvalue weighted by atomic mass is 15.1. The lowest BCUT2D eigenvalue weighted by Gasteiger charge is -2.30.